The summed E-state index contributed by atoms with van der Waals surface area (Å²) < 4.78 is 1.94. The van der Waals surface area contributed by atoms with Crippen LogP contribution >= 0.6 is 11.6 Å². The number of carbonyl (C=O) groups is 1. The van der Waals surface area contributed by atoms with Crippen LogP contribution in [0.1, 0.15) is 56.4 Å². The minimum absolute atomic E-state index is 0.0632. The van der Waals surface area contributed by atoms with E-state index >= 15 is 0 Å². The number of nitrogen functional groups attached to an aromatic ring is 1. The lowest BCUT2D eigenvalue weighted by atomic mass is 9.77. The van der Waals surface area contributed by atoms with E-state index in [1.165, 1.54) is 31.7 Å². The van der Waals surface area contributed by atoms with Crippen LogP contribution in [0, 0.1) is 11.8 Å². The number of fused-ring (bicyclic) bond motifs is 2. The van der Waals surface area contributed by atoms with E-state index in [0.29, 0.717) is 34.4 Å². The number of aromatic nitrogens is 5. The number of phenolic OH excluding ortho intramolecular Hbond substituents is 1. The molecule has 2 aliphatic rings. The molecule has 1 atom stereocenters. The van der Waals surface area contributed by atoms with E-state index < -0.39 is 5.41 Å². The molecule has 0 bridgehead atoms. The second-order valence-corrected chi connectivity index (χ2v) is 10.9. The van der Waals surface area contributed by atoms with E-state index in [9.17, 15) is 9.90 Å². The number of benzene rings is 1. The van der Waals surface area contributed by atoms with Crippen molar-refractivity contribution in [3.63, 3.8) is 0 Å². The molecule has 1 aliphatic heterocycles. The zero-order valence-electron chi connectivity index (χ0n) is 20.7. The van der Waals surface area contributed by atoms with Gasteiger partial charge in [-0.1, -0.05) is 37.4 Å². The van der Waals surface area contributed by atoms with Gasteiger partial charge in [-0.15, -0.1) is 0 Å². The van der Waals surface area contributed by atoms with E-state index in [1.807, 2.05) is 16.8 Å². The molecule has 0 saturated heterocycles. The van der Waals surface area contributed by atoms with Crippen molar-refractivity contribution in [2.75, 3.05) is 11.1 Å². The lowest BCUT2D eigenvalue weighted by Gasteiger charge is -2.26. The van der Waals surface area contributed by atoms with E-state index in [-0.39, 0.29) is 22.5 Å². The zero-order valence-corrected chi connectivity index (χ0v) is 21.5. The van der Waals surface area contributed by atoms with Crippen molar-refractivity contribution in [3.8, 4) is 17.3 Å². The minimum Gasteiger partial charge on any atom is -0.506 e. The number of rotatable bonds is 4. The Bertz CT molecular complexity index is 1540. The fourth-order valence-corrected chi connectivity index (χ4v) is 5.84. The number of nitrogens with two attached hydrogens (primary N) is 1. The first-order valence-electron chi connectivity index (χ1n) is 12.6. The lowest BCUT2D eigenvalue weighted by Crippen LogP contribution is -2.33. The Morgan fingerprint density at radius 3 is 2.76 bits per heavy atom. The largest absolute Gasteiger partial charge is 0.506 e. The number of amides is 1. The number of phenols is 1. The first-order chi connectivity index (χ1) is 17.7. The van der Waals surface area contributed by atoms with Crippen molar-refractivity contribution in [1.82, 2.24) is 24.3 Å². The van der Waals surface area contributed by atoms with Crippen LogP contribution in [0.3, 0.4) is 0 Å². The van der Waals surface area contributed by atoms with E-state index in [1.54, 1.807) is 25.3 Å². The summed E-state index contributed by atoms with van der Waals surface area (Å²) in [6.07, 6.45) is 11.2. The molecule has 0 unspecified atom stereocenters. The summed E-state index contributed by atoms with van der Waals surface area (Å²) in [5.41, 5.74) is 8.68. The van der Waals surface area contributed by atoms with Crippen molar-refractivity contribution >= 4 is 34.8 Å². The summed E-state index contributed by atoms with van der Waals surface area (Å²) in [5, 5.41) is 12.9. The molecule has 1 aliphatic carbocycles. The van der Waals surface area contributed by atoms with Gasteiger partial charge >= 0.3 is 0 Å². The molecule has 0 spiro atoms. The standard InChI is InChI=1S/C27H28ClN7O2/c1-14-3-5-15(6-4-14)11-18-25-30-9-10-35(25)13-19(31-18)23-32-22(29)21-24(33-23)34-26(37)27(21,2)16-7-8-20(36)17(28)12-16/h7-10,12-15,36H,3-6,11H2,1-2H3,(H3,29,32,33,34,37)/t14?,15?,27-/m1/s1. The second-order valence-electron chi connectivity index (χ2n) is 10.5. The average molecular weight is 518 g/mol. The molecule has 37 heavy (non-hydrogen) atoms. The fraction of sp³-hybridized carbons (Fsp3) is 0.370. The number of hydrogen-bond acceptors (Lipinski definition) is 7. The average Bonchev–Trinajstić information content (AvgIpc) is 3.45. The van der Waals surface area contributed by atoms with Crippen LogP contribution in [0.5, 0.6) is 5.75 Å². The van der Waals surface area contributed by atoms with Gasteiger partial charge in [-0.3, -0.25) is 4.79 Å². The highest BCUT2D eigenvalue weighted by atomic mass is 35.5. The van der Waals surface area contributed by atoms with Crippen LogP contribution < -0.4 is 11.1 Å². The Hall–Kier alpha value is -3.72. The molecule has 1 amide bonds. The predicted octanol–water partition coefficient (Wildman–Crippen LogP) is 4.75. The number of halogens is 1. The van der Waals surface area contributed by atoms with Crippen molar-refractivity contribution in [1.29, 1.82) is 0 Å². The van der Waals surface area contributed by atoms with Gasteiger partial charge in [0.1, 0.15) is 28.5 Å². The summed E-state index contributed by atoms with van der Waals surface area (Å²) in [6, 6.07) is 4.67. The summed E-state index contributed by atoms with van der Waals surface area (Å²) in [6.45, 7) is 4.06. The number of nitrogens with one attached hydrogen (secondary N) is 1. The third-order valence-electron chi connectivity index (χ3n) is 7.94. The van der Waals surface area contributed by atoms with Crippen molar-refractivity contribution < 1.29 is 9.90 Å². The van der Waals surface area contributed by atoms with Crippen LogP contribution in [0.15, 0.2) is 36.8 Å². The summed E-state index contributed by atoms with van der Waals surface area (Å²) in [7, 11) is 0. The maximum absolute atomic E-state index is 13.2. The van der Waals surface area contributed by atoms with Gasteiger partial charge in [-0.05, 0) is 55.7 Å². The first-order valence-corrected chi connectivity index (χ1v) is 12.9. The van der Waals surface area contributed by atoms with Gasteiger partial charge in [-0.2, -0.15) is 0 Å². The Balaban J connectivity index is 1.41. The number of aromatic hydroxyl groups is 1. The van der Waals surface area contributed by atoms with E-state index in [4.69, 9.17) is 22.3 Å². The molecule has 0 radical (unpaired) electrons. The number of hydrogen-bond donors (Lipinski definition) is 3. The normalized spacial score (nSPS) is 23.3. The Morgan fingerprint density at radius 2 is 2.00 bits per heavy atom. The molecule has 1 fully saturated rings. The van der Waals surface area contributed by atoms with Gasteiger partial charge in [-0.25, -0.2) is 19.9 Å². The topological polar surface area (TPSA) is 131 Å². The number of anilines is 2. The highest BCUT2D eigenvalue weighted by molar-refractivity contribution is 6.32. The molecule has 1 aromatic carbocycles. The zero-order chi connectivity index (χ0) is 25.9. The van der Waals surface area contributed by atoms with Gasteiger partial charge in [0.25, 0.3) is 0 Å². The number of carbonyl (C=O) groups excluding carboxylic acids is 1. The molecular formula is C27H28ClN7O2. The van der Waals surface area contributed by atoms with Gasteiger partial charge in [0.05, 0.1) is 16.3 Å². The molecule has 10 heteroatoms. The smallest absolute Gasteiger partial charge is 0.240 e. The first kappa shape index (κ1) is 23.7. The molecule has 4 N–H and O–H groups in total. The number of imidazole rings is 1. The molecule has 190 valence electrons. The monoisotopic (exact) mass is 517 g/mol. The van der Waals surface area contributed by atoms with Crippen LogP contribution in [0.2, 0.25) is 5.02 Å². The van der Waals surface area contributed by atoms with Gasteiger partial charge in [0.15, 0.2) is 11.5 Å². The SMILES string of the molecule is CC1CCC(Cc2nc(-c3nc(N)c4c(n3)NC(=O)[C@]4(C)c3ccc(O)c(Cl)c3)cn3ccnc23)CC1. The molecule has 4 aromatic rings. The van der Waals surface area contributed by atoms with Crippen LogP contribution in [0.4, 0.5) is 11.6 Å². The van der Waals surface area contributed by atoms with Gasteiger partial charge in [0.2, 0.25) is 5.91 Å². The molecule has 6 rings (SSSR count). The van der Waals surface area contributed by atoms with Crippen LogP contribution in [-0.2, 0) is 16.6 Å². The molecule has 1 saturated carbocycles. The Kier molecular flexibility index (Phi) is 5.56. The maximum Gasteiger partial charge on any atom is 0.240 e. The lowest BCUT2D eigenvalue weighted by molar-refractivity contribution is -0.119. The van der Waals surface area contributed by atoms with Crippen LogP contribution in [0.25, 0.3) is 17.2 Å². The molecule has 4 heterocycles. The quantitative estimate of drug-likeness (QED) is 0.355. The fourth-order valence-electron chi connectivity index (χ4n) is 5.66. The molecule has 3 aromatic heterocycles. The Labute approximate surface area is 219 Å². The van der Waals surface area contributed by atoms with E-state index in [2.05, 4.69) is 27.2 Å². The highest BCUT2D eigenvalue weighted by Gasteiger charge is 2.47. The van der Waals surface area contributed by atoms with E-state index in [0.717, 1.165) is 23.7 Å². The summed E-state index contributed by atoms with van der Waals surface area (Å²) in [4.78, 5) is 32.0. The third-order valence-corrected chi connectivity index (χ3v) is 8.24. The maximum atomic E-state index is 13.2. The molecule has 9 nitrogen and oxygen atoms in total. The van der Waals surface area contributed by atoms with Crippen molar-refractivity contribution in [2.45, 2.75) is 51.4 Å². The van der Waals surface area contributed by atoms with Crippen molar-refractivity contribution in [2.24, 2.45) is 11.8 Å². The highest BCUT2D eigenvalue weighted by Crippen LogP contribution is 2.46. The summed E-state index contributed by atoms with van der Waals surface area (Å²) in [5.74, 6) is 1.85. The van der Waals surface area contributed by atoms with Gasteiger partial charge in [0, 0.05) is 18.6 Å². The minimum atomic E-state index is -1.17. The second kappa shape index (κ2) is 8.69. The third kappa shape index (κ3) is 3.89. The number of nitrogens with zero attached hydrogens (tertiary/aromatic N) is 5. The molecular weight excluding hydrogens is 490 g/mol. The van der Waals surface area contributed by atoms with Crippen molar-refractivity contribution in [3.05, 3.63) is 58.6 Å². The Morgan fingerprint density at radius 1 is 1.22 bits per heavy atom. The summed E-state index contributed by atoms with van der Waals surface area (Å²) >= 11 is 6.14. The van der Waals surface area contributed by atoms with Crippen LogP contribution in [-0.4, -0.2) is 35.4 Å². The van der Waals surface area contributed by atoms with Gasteiger partial charge < -0.3 is 20.6 Å². The predicted molar refractivity (Wildman–Crippen MR) is 141 cm³/mol.